The zero-order valence-corrected chi connectivity index (χ0v) is 25.3. The maximum absolute atomic E-state index is 12.7. The first-order valence-electron chi connectivity index (χ1n) is 12.8. The van der Waals surface area contributed by atoms with Gasteiger partial charge in [0.1, 0.15) is 29.7 Å². The summed E-state index contributed by atoms with van der Waals surface area (Å²) in [5.41, 5.74) is 9.01. The summed E-state index contributed by atoms with van der Waals surface area (Å²) in [4.78, 5) is 12.7. The smallest absolute Gasteiger partial charge is 0.343 e. The summed E-state index contributed by atoms with van der Waals surface area (Å²) in [5, 5.41) is 11.0. The molecule has 0 aromatic heterocycles. The Hall–Kier alpha value is -4.16. The minimum Gasteiger partial charge on any atom is -0.490 e. The summed E-state index contributed by atoms with van der Waals surface area (Å²) in [7, 11) is 0. The first-order chi connectivity index (χ1) is 20.3. The number of hydrogen-bond donors (Lipinski definition) is 1. The van der Waals surface area contributed by atoms with Crippen LogP contribution in [-0.2, 0) is 6.61 Å². The number of esters is 1. The molecule has 0 spiro atoms. The lowest BCUT2D eigenvalue weighted by atomic mass is 9.83. The molecular formula is C32H23BrCl2N2O5. The van der Waals surface area contributed by atoms with Crippen LogP contribution in [0.3, 0.4) is 0 Å². The minimum absolute atomic E-state index is 0.0398. The predicted molar refractivity (Wildman–Crippen MR) is 163 cm³/mol. The highest BCUT2D eigenvalue weighted by molar-refractivity contribution is 9.10. The van der Waals surface area contributed by atoms with Crippen molar-refractivity contribution < 1.29 is 23.7 Å². The molecule has 4 aromatic rings. The molecule has 0 aliphatic carbocycles. The SMILES string of the molecule is CCOc1cc(C2C(C#N)=C(N)Oc3cc(OC(=O)c4ccc(Br)cc4)ccc32)ccc1OCc1ccc(Cl)cc1Cl. The summed E-state index contributed by atoms with van der Waals surface area (Å²) in [6, 6.07) is 24.6. The van der Waals surface area contributed by atoms with Crippen molar-refractivity contribution in [2.75, 3.05) is 6.61 Å². The Balaban J connectivity index is 1.44. The maximum atomic E-state index is 12.7. The first-order valence-corrected chi connectivity index (χ1v) is 14.3. The van der Waals surface area contributed by atoms with Crippen molar-refractivity contribution in [3.63, 3.8) is 0 Å². The number of ether oxygens (including phenoxy) is 4. The Morgan fingerprint density at radius 2 is 1.79 bits per heavy atom. The van der Waals surface area contributed by atoms with E-state index in [2.05, 4.69) is 22.0 Å². The van der Waals surface area contributed by atoms with Gasteiger partial charge in [-0.05, 0) is 67.1 Å². The van der Waals surface area contributed by atoms with E-state index >= 15 is 0 Å². The van der Waals surface area contributed by atoms with E-state index in [0.717, 1.165) is 15.6 Å². The van der Waals surface area contributed by atoms with Gasteiger partial charge in [0.05, 0.1) is 18.1 Å². The zero-order valence-electron chi connectivity index (χ0n) is 22.2. The highest BCUT2D eigenvalue weighted by atomic mass is 79.9. The molecule has 4 aromatic carbocycles. The van der Waals surface area contributed by atoms with Crippen LogP contribution in [0.15, 0.2) is 94.8 Å². The molecule has 42 heavy (non-hydrogen) atoms. The topological polar surface area (TPSA) is 104 Å². The van der Waals surface area contributed by atoms with Gasteiger partial charge < -0.3 is 24.7 Å². The van der Waals surface area contributed by atoms with E-state index in [4.69, 9.17) is 47.9 Å². The number of nitrogens with zero attached hydrogens (tertiary/aromatic N) is 1. The average molecular weight is 666 g/mol. The Morgan fingerprint density at radius 1 is 1.00 bits per heavy atom. The van der Waals surface area contributed by atoms with E-state index in [9.17, 15) is 10.1 Å². The van der Waals surface area contributed by atoms with Crippen molar-refractivity contribution in [3.05, 3.63) is 127 Å². The van der Waals surface area contributed by atoms with E-state index in [1.165, 1.54) is 0 Å². The molecule has 0 saturated heterocycles. The van der Waals surface area contributed by atoms with Crippen LogP contribution in [-0.4, -0.2) is 12.6 Å². The van der Waals surface area contributed by atoms with E-state index in [-0.39, 0.29) is 23.8 Å². The van der Waals surface area contributed by atoms with Gasteiger partial charge in [-0.25, -0.2) is 4.79 Å². The fourth-order valence-electron chi connectivity index (χ4n) is 4.48. The monoisotopic (exact) mass is 664 g/mol. The lowest BCUT2D eigenvalue weighted by molar-refractivity contribution is 0.0734. The third kappa shape index (κ3) is 6.34. The second-order valence-electron chi connectivity index (χ2n) is 9.18. The van der Waals surface area contributed by atoms with Gasteiger partial charge in [-0.1, -0.05) is 57.3 Å². The number of benzene rings is 4. The second-order valence-corrected chi connectivity index (χ2v) is 10.9. The number of nitriles is 1. The molecule has 5 rings (SSSR count). The standard InChI is InChI=1S/C32H23BrCl2N2O5/c1-2-39-29-13-19(6-12-27(29)40-17-20-5-9-22(34)14-26(20)35)30-24-11-10-23(15-28(24)42-31(37)25(30)16-36)41-32(38)18-3-7-21(33)8-4-18/h3-15,30H,2,17,37H2,1H3. The highest BCUT2D eigenvalue weighted by Gasteiger charge is 2.32. The van der Waals surface area contributed by atoms with E-state index < -0.39 is 11.9 Å². The Labute approximate surface area is 261 Å². The van der Waals surface area contributed by atoms with Crippen LogP contribution in [0.4, 0.5) is 0 Å². The molecule has 1 heterocycles. The van der Waals surface area contributed by atoms with Crippen LogP contribution in [0.2, 0.25) is 10.0 Å². The van der Waals surface area contributed by atoms with E-state index in [0.29, 0.717) is 45.0 Å². The molecule has 10 heteroatoms. The number of nitrogens with two attached hydrogens (primary N) is 1. The first kappa shape index (κ1) is 29.3. The second kappa shape index (κ2) is 12.8. The number of fused-ring (bicyclic) bond motifs is 1. The fraction of sp³-hybridized carbons (Fsp3) is 0.125. The van der Waals surface area contributed by atoms with Crippen LogP contribution < -0.4 is 24.7 Å². The van der Waals surface area contributed by atoms with Gasteiger partial charge in [0, 0.05) is 31.7 Å². The molecule has 1 atom stereocenters. The summed E-state index contributed by atoms with van der Waals surface area (Å²) in [5.74, 6) is 0.513. The number of halogens is 3. The molecule has 0 saturated carbocycles. The van der Waals surface area contributed by atoms with Crippen LogP contribution in [0.1, 0.15) is 39.9 Å². The number of carbonyl (C=O) groups is 1. The Kier molecular flexibility index (Phi) is 8.93. The third-order valence-corrected chi connectivity index (χ3v) is 7.60. The maximum Gasteiger partial charge on any atom is 0.343 e. The number of allylic oxidation sites excluding steroid dienone is 1. The van der Waals surface area contributed by atoms with Crippen molar-refractivity contribution >= 4 is 45.1 Å². The number of carbonyl (C=O) groups excluding carboxylic acids is 1. The van der Waals surface area contributed by atoms with Crippen molar-refractivity contribution in [1.82, 2.24) is 0 Å². The number of hydrogen-bond acceptors (Lipinski definition) is 7. The molecular weight excluding hydrogens is 643 g/mol. The van der Waals surface area contributed by atoms with Crippen LogP contribution in [0, 0.1) is 11.3 Å². The quantitative estimate of drug-likeness (QED) is 0.150. The molecule has 1 aliphatic heterocycles. The van der Waals surface area contributed by atoms with Gasteiger partial charge in [-0.15, -0.1) is 0 Å². The predicted octanol–water partition coefficient (Wildman–Crippen LogP) is 8.17. The molecule has 1 unspecified atom stereocenters. The van der Waals surface area contributed by atoms with Crippen LogP contribution >= 0.6 is 39.1 Å². The van der Waals surface area contributed by atoms with Gasteiger partial charge in [-0.2, -0.15) is 5.26 Å². The van der Waals surface area contributed by atoms with Gasteiger partial charge in [0.25, 0.3) is 0 Å². The summed E-state index contributed by atoms with van der Waals surface area (Å²) in [6.45, 7) is 2.46. The fourth-order valence-corrected chi connectivity index (χ4v) is 5.21. The molecule has 0 bridgehead atoms. The van der Waals surface area contributed by atoms with Gasteiger partial charge >= 0.3 is 5.97 Å². The van der Waals surface area contributed by atoms with E-state index in [1.54, 1.807) is 66.7 Å². The summed E-state index contributed by atoms with van der Waals surface area (Å²) in [6.07, 6.45) is 0. The number of rotatable bonds is 8. The van der Waals surface area contributed by atoms with Crippen LogP contribution in [0.5, 0.6) is 23.0 Å². The van der Waals surface area contributed by atoms with Gasteiger partial charge in [0.2, 0.25) is 5.88 Å². The average Bonchev–Trinajstić information content (AvgIpc) is 2.97. The lowest BCUT2D eigenvalue weighted by Gasteiger charge is -2.27. The van der Waals surface area contributed by atoms with Crippen molar-refractivity contribution in [3.8, 4) is 29.1 Å². The Morgan fingerprint density at radius 3 is 2.50 bits per heavy atom. The third-order valence-electron chi connectivity index (χ3n) is 6.48. The van der Waals surface area contributed by atoms with Crippen molar-refractivity contribution in [2.45, 2.75) is 19.4 Å². The molecule has 212 valence electrons. The molecule has 1 aliphatic rings. The summed E-state index contributed by atoms with van der Waals surface area (Å²) >= 11 is 15.7. The van der Waals surface area contributed by atoms with Crippen LogP contribution in [0.25, 0.3) is 0 Å². The summed E-state index contributed by atoms with van der Waals surface area (Å²) < 4.78 is 24.2. The molecule has 7 nitrogen and oxygen atoms in total. The molecule has 0 radical (unpaired) electrons. The molecule has 0 fully saturated rings. The normalized spacial score (nSPS) is 13.9. The van der Waals surface area contributed by atoms with Crippen molar-refractivity contribution in [1.29, 1.82) is 5.26 Å². The lowest BCUT2D eigenvalue weighted by Crippen LogP contribution is -2.21. The zero-order chi connectivity index (χ0) is 29.8. The minimum atomic E-state index is -0.561. The van der Waals surface area contributed by atoms with Gasteiger partial charge in [-0.3, -0.25) is 0 Å². The molecule has 2 N–H and O–H groups in total. The van der Waals surface area contributed by atoms with Gasteiger partial charge in [0.15, 0.2) is 11.5 Å². The largest absolute Gasteiger partial charge is 0.490 e. The molecule has 0 amide bonds. The Bertz CT molecular complexity index is 1730. The highest BCUT2D eigenvalue weighted by Crippen LogP contribution is 2.45. The van der Waals surface area contributed by atoms with E-state index in [1.807, 2.05) is 19.1 Å². The van der Waals surface area contributed by atoms with Crippen molar-refractivity contribution in [2.24, 2.45) is 5.73 Å².